The molecule has 0 saturated carbocycles. The third-order valence-corrected chi connectivity index (χ3v) is 3.18. The molecular formula is C16H14ClNO4. The number of aliphatic imine (C=N–C) groups is 1. The maximum absolute atomic E-state index is 11.3. The van der Waals surface area contributed by atoms with Gasteiger partial charge in [0, 0.05) is 17.7 Å². The summed E-state index contributed by atoms with van der Waals surface area (Å²) in [7, 11) is 0. The highest BCUT2D eigenvalue weighted by molar-refractivity contribution is 6.31. The quantitative estimate of drug-likeness (QED) is 0.739. The Morgan fingerprint density at radius 3 is 2.41 bits per heavy atom. The normalized spacial score (nSPS) is 12.4. The maximum atomic E-state index is 11.3. The third kappa shape index (κ3) is 4.49. The van der Waals surface area contributed by atoms with Crippen molar-refractivity contribution in [1.82, 2.24) is 0 Å². The van der Waals surface area contributed by atoms with Gasteiger partial charge in [-0.25, -0.2) is 4.79 Å². The summed E-state index contributed by atoms with van der Waals surface area (Å²) in [5.41, 5.74) is 1.26. The molecule has 5 nitrogen and oxygen atoms in total. The molecule has 114 valence electrons. The topological polar surface area (TPSA) is 90.1 Å². The van der Waals surface area contributed by atoms with Crippen LogP contribution in [0.3, 0.4) is 0 Å². The van der Waals surface area contributed by atoms with Gasteiger partial charge in [-0.05, 0) is 41.5 Å². The number of phenols is 2. The van der Waals surface area contributed by atoms with E-state index in [0.29, 0.717) is 10.6 Å². The minimum atomic E-state index is -1.06. The van der Waals surface area contributed by atoms with E-state index >= 15 is 0 Å². The second-order valence-corrected chi connectivity index (χ2v) is 5.18. The van der Waals surface area contributed by atoms with Gasteiger partial charge in [0.2, 0.25) is 0 Å². The average molecular weight is 320 g/mol. The molecule has 3 N–H and O–H groups in total. The second-order valence-electron chi connectivity index (χ2n) is 4.75. The number of rotatable bonds is 5. The number of aromatic hydroxyl groups is 2. The Morgan fingerprint density at radius 1 is 1.14 bits per heavy atom. The van der Waals surface area contributed by atoms with Crippen molar-refractivity contribution in [2.24, 2.45) is 4.99 Å². The van der Waals surface area contributed by atoms with Crippen LogP contribution in [0.25, 0.3) is 0 Å². The number of carboxylic acid groups (broad SMARTS) is 1. The van der Waals surface area contributed by atoms with E-state index in [1.54, 1.807) is 18.2 Å². The zero-order valence-corrected chi connectivity index (χ0v) is 12.2. The monoisotopic (exact) mass is 319 g/mol. The lowest BCUT2D eigenvalue weighted by Gasteiger charge is -2.08. The van der Waals surface area contributed by atoms with Crippen LogP contribution in [0.2, 0.25) is 5.02 Å². The number of halogens is 1. The number of aliphatic carboxylic acids is 1. The van der Waals surface area contributed by atoms with Crippen LogP contribution in [0.5, 0.6) is 11.5 Å². The Morgan fingerprint density at radius 2 is 1.82 bits per heavy atom. The molecule has 0 bridgehead atoms. The van der Waals surface area contributed by atoms with E-state index in [0.717, 1.165) is 5.56 Å². The number of carbonyl (C=O) groups is 1. The summed E-state index contributed by atoms with van der Waals surface area (Å²) in [6, 6.07) is 9.70. The SMILES string of the molecule is O=C(O)C(Cc1ccc(O)cc1)N=Cc1cc(O)cc(Cl)c1. The Balaban J connectivity index is 2.16. The van der Waals surface area contributed by atoms with E-state index in [-0.39, 0.29) is 17.9 Å². The average Bonchev–Trinajstić information content (AvgIpc) is 2.44. The van der Waals surface area contributed by atoms with Crippen molar-refractivity contribution >= 4 is 23.8 Å². The highest BCUT2D eigenvalue weighted by Crippen LogP contribution is 2.19. The predicted octanol–water partition coefficient (Wildman–Crippen LogP) is 2.87. The van der Waals surface area contributed by atoms with Crippen LogP contribution in [-0.4, -0.2) is 33.5 Å². The lowest BCUT2D eigenvalue weighted by molar-refractivity contribution is -0.138. The van der Waals surface area contributed by atoms with Gasteiger partial charge in [0.25, 0.3) is 0 Å². The molecule has 0 heterocycles. The minimum absolute atomic E-state index is 0.0145. The predicted molar refractivity (Wildman–Crippen MR) is 83.9 cm³/mol. The first kappa shape index (κ1) is 15.9. The molecule has 2 aromatic rings. The van der Waals surface area contributed by atoms with Gasteiger partial charge in [0.1, 0.15) is 11.5 Å². The molecule has 2 aromatic carbocycles. The lowest BCUT2D eigenvalue weighted by Crippen LogP contribution is -2.20. The second kappa shape index (κ2) is 6.95. The van der Waals surface area contributed by atoms with Crippen molar-refractivity contribution in [2.75, 3.05) is 0 Å². The summed E-state index contributed by atoms with van der Waals surface area (Å²) in [5, 5.41) is 28.2. The van der Waals surface area contributed by atoms with Crippen molar-refractivity contribution in [1.29, 1.82) is 0 Å². The Hall–Kier alpha value is -2.53. The molecule has 1 atom stereocenters. The van der Waals surface area contributed by atoms with Gasteiger partial charge in [-0.3, -0.25) is 4.99 Å². The number of carboxylic acids is 1. The van der Waals surface area contributed by atoms with Crippen LogP contribution in [0.4, 0.5) is 0 Å². The van der Waals surface area contributed by atoms with E-state index in [1.807, 2.05) is 0 Å². The molecule has 0 aromatic heterocycles. The first-order chi connectivity index (χ1) is 10.4. The Bertz CT molecular complexity index is 678. The summed E-state index contributed by atoms with van der Waals surface area (Å²) in [6.45, 7) is 0. The fourth-order valence-electron chi connectivity index (χ4n) is 1.91. The Labute approximate surface area is 132 Å². The summed E-state index contributed by atoms with van der Waals surface area (Å²) >= 11 is 5.81. The first-order valence-corrected chi connectivity index (χ1v) is 6.85. The lowest BCUT2D eigenvalue weighted by atomic mass is 10.1. The van der Waals surface area contributed by atoms with Crippen LogP contribution in [0.1, 0.15) is 11.1 Å². The number of nitrogens with zero attached hydrogens (tertiary/aromatic N) is 1. The van der Waals surface area contributed by atoms with Crippen LogP contribution >= 0.6 is 11.6 Å². The van der Waals surface area contributed by atoms with Gasteiger partial charge in [-0.15, -0.1) is 0 Å². The van der Waals surface area contributed by atoms with Gasteiger partial charge in [0.05, 0.1) is 0 Å². The molecule has 22 heavy (non-hydrogen) atoms. The van der Waals surface area contributed by atoms with Gasteiger partial charge < -0.3 is 15.3 Å². The highest BCUT2D eigenvalue weighted by Gasteiger charge is 2.16. The first-order valence-electron chi connectivity index (χ1n) is 6.47. The van der Waals surface area contributed by atoms with Gasteiger partial charge in [-0.1, -0.05) is 23.7 Å². The molecule has 0 spiro atoms. The third-order valence-electron chi connectivity index (χ3n) is 2.96. The van der Waals surface area contributed by atoms with E-state index < -0.39 is 12.0 Å². The van der Waals surface area contributed by atoms with Crippen molar-refractivity contribution in [3.05, 3.63) is 58.6 Å². The zero-order valence-electron chi connectivity index (χ0n) is 11.5. The largest absolute Gasteiger partial charge is 0.508 e. The smallest absolute Gasteiger partial charge is 0.328 e. The van der Waals surface area contributed by atoms with E-state index in [4.69, 9.17) is 11.6 Å². The van der Waals surface area contributed by atoms with Gasteiger partial charge in [0.15, 0.2) is 6.04 Å². The number of phenolic OH excluding ortho intramolecular Hbond substituents is 2. The summed E-state index contributed by atoms with van der Waals surface area (Å²) in [4.78, 5) is 15.3. The van der Waals surface area contributed by atoms with E-state index in [1.165, 1.54) is 30.5 Å². The van der Waals surface area contributed by atoms with Crippen molar-refractivity contribution < 1.29 is 20.1 Å². The summed E-state index contributed by atoms with van der Waals surface area (Å²) < 4.78 is 0. The van der Waals surface area contributed by atoms with Gasteiger partial charge in [-0.2, -0.15) is 0 Å². The van der Waals surface area contributed by atoms with Crippen LogP contribution < -0.4 is 0 Å². The van der Waals surface area contributed by atoms with Crippen molar-refractivity contribution in [3.63, 3.8) is 0 Å². The standard InChI is InChI=1S/C16H14ClNO4/c17-12-5-11(6-14(20)8-12)9-18-15(16(21)22)7-10-1-3-13(19)4-2-10/h1-6,8-9,15,19-20H,7H2,(H,21,22). The molecule has 0 fully saturated rings. The molecule has 0 amide bonds. The van der Waals surface area contributed by atoms with Crippen LogP contribution in [0.15, 0.2) is 47.5 Å². The van der Waals surface area contributed by atoms with E-state index in [2.05, 4.69) is 4.99 Å². The molecule has 0 aliphatic heterocycles. The fraction of sp³-hybridized carbons (Fsp3) is 0.125. The van der Waals surface area contributed by atoms with Crippen LogP contribution in [0, 0.1) is 0 Å². The molecular weight excluding hydrogens is 306 g/mol. The molecule has 2 rings (SSSR count). The minimum Gasteiger partial charge on any atom is -0.508 e. The number of benzene rings is 2. The zero-order chi connectivity index (χ0) is 16.1. The van der Waals surface area contributed by atoms with Crippen LogP contribution in [-0.2, 0) is 11.2 Å². The molecule has 0 aliphatic rings. The van der Waals surface area contributed by atoms with Gasteiger partial charge >= 0.3 is 5.97 Å². The fourth-order valence-corrected chi connectivity index (χ4v) is 2.14. The Kier molecular flexibility index (Phi) is 5.01. The molecule has 0 aliphatic carbocycles. The molecule has 0 radical (unpaired) electrons. The summed E-state index contributed by atoms with van der Waals surface area (Å²) in [6.07, 6.45) is 1.56. The van der Waals surface area contributed by atoms with Crippen molar-refractivity contribution in [3.8, 4) is 11.5 Å². The molecule has 6 heteroatoms. The molecule has 1 unspecified atom stereocenters. The molecule has 0 saturated heterocycles. The van der Waals surface area contributed by atoms with E-state index in [9.17, 15) is 20.1 Å². The summed E-state index contributed by atoms with van der Waals surface area (Å²) in [5.74, 6) is -0.955. The number of hydrogen-bond acceptors (Lipinski definition) is 4. The number of hydrogen-bond donors (Lipinski definition) is 3. The highest BCUT2D eigenvalue weighted by atomic mass is 35.5. The maximum Gasteiger partial charge on any atom is 0.328 e. The van der Waals surface area contributed by atoms with Crippen molar-refractivity contribution in [2.45, 2.75) is 12.5 Å².